The zero-order valence-corrected chi connectivity index (χ0v) is 12.7. The monoisotopic (exact) mass is 286 g/mol. The van der Waals surface area contributed by atoms with Crippen molar-refractivity contribution in [2.45, 2.75) is 64.7 Å². The smallest absolute Gasteiger partial charge is 0.303 e. The number of rotatable bonds is 13. The fraction of sp³-hybridized carbons (Fsp3) is 0.867. The number of carbonyl (C=O) groups is 2. The van der Waals surface area contributed by atoms with E-state index in [0.717, 1.165) is 44.9 Å². The highest BCUT2D eigenvalue weighted by molar-refractivity contribution is 5.75. The third kappa shape index (κ3) is 12.0. The van der Waals surface area contributed by atoms with Crippen LogP contribution >= 0.6 is 0 Å². The summed E-state index contributed by atoms with van der Waals surface area (Å²) in [7, 11) is 0. The maximum atomic E-state index is 11.6. The second-order valence-electron chi connectivity index (χ2n) is 5.30. The van der Waals surface area contributed by atoms with Crippen molar-refractivity contribution in [1.82, 2.24) is 5.32 Å². The minimum absolute atomic E-state index is 0.117. The summed E-state index contributed by atoms with van der Waals surface area (Å²) in [4.78, 5) is 21.9. The lowest BCUT2D eigenvalue weighted by Crippen LogP contribution is -2.25. The lowest BCUT2D eigenvalue weighted by atomic mass is 9.96. The average Bonchev–Trinajstić information content (AvgIpc) is 2.42. The molecule has 118 valence electrons. The number of hydrogen-bond donors (Lipinski definition) is 3. The van der Waals surface area contributed by atoms with Gasteiger partial charge in [0.1, 0.15) is 0 Å². The number of hydrogen-bond acceptors (Lipinski definition) is 3. The van der Waals surface area contributed by atoms with Gasteiger partial charge in [-0.1, -0.05) is 26.2 Å². The molecule has 0 spiro atoms. The van der Waals surface area contributed by atoms with Gasteiger partial charge >= 0.3 is 5.97 Å². The summed E-state index contributed by atoms with van der Waals surface area (Å²) in [5, 5.41) is 11.4. The maximum Gasteiger partial charge on any atom is 0.303 e. The van der Waals surface area contributed by atoms with Gasteiger partial charge in [-0.2, -0.15) is 0 Å². The molecule has 0 heterocycles. The largest absolute Gasteiger partial charge is 0.481 e. The predicted molar refractivity (Wildman–Crippen MR) is 80.4 cm³/mol. The van der Waals surface area contributed by atoms with Gasteiger partial charge in [0.05, 0.1) is 0 Å². The van der Waals surface area contributed by atoms with Crippen LogP contribution < -0.4 is 11.1 Å². The average molecular weight is 286 g/mol. The van der Waals surface area contributed by atoms with Crippen molar-refractivity contribution in [1.29, 1.82) is 0 Å². The molecule has 0 radical (unpaired) electrons. The summed E-state index contributed by atoms with van der Waals surface area (Å²) in [6.07, 6.45) is 7.34. The minimum atomic E-state index is -0.735. The van der Waals surface area contributed by atoms with Crippen LogP contribution in [0.3, 0.4) is 0 Å². The number of aliphatic carboxylic acids is 1. The number of carboxylic acids is 1. The highest BCUT2D eigenvalue weighted by atomic mass is 16.4. The first-order valence-corrected chi connectivity index (χ1v) is 7.78. The number of amides is 1. The Labute approximate surface area is 122 Å². The van der Waals surface area contributed by atoms with Gasteiger partial charge in [0.15, 0.2) is 0 Å². The molecule has 5 nitrogen and oxygen atoms in total. The molecule has 4 N–H and O–H groups in total. The van der Waals surface area contributed by atoms with E-state index < -0.39 is 5.97 Å². The molecule has 0 saturated heterocycles. The minimum Gasteiger partial charge on any atom is -0.481 e. The van der Waals surface area contributed by atoms with E-state index in [0.29, 0.717) is 25.4 Å². The Morgan fingerprint density at radius 3 is 2.40 bits per heavy atom. The molecule has 0 aliphatic carbocycles. The summed E-state index contributed by atoms with van der Waals surface area (Å²) >= 11 is 0. The van der Waals surface area contributed by atoms with E-state index in [1.165, 1.54) is 0 Å². The Balaban J connectivity index is 3.42. The lowest BCUT2D eigenvalue weighted by Gasteiger charge is -2.13. The molecule has 20 heavy (non-hydrogen) atoms. The zero-order chi connectivity index (χ0) is 15.2. The molecular weight excluding hydrogens is 256 g/mol. The van der Waals surface area contributed by atoms with E-state index in [-0.39, 0.29) is 12.3 Å². The van der Waals surface area contributed by atoms with Crippen molar-refractivity contribution < 1.29 is 14.7 Å². The molecule has 1 atom stereocenters. The maximum absolute atomic E-state index is 11.6. The second kappa shape index (κ2) is 12.9. The number of carboxylic acid groups (broad SMARTS) is 1. The number of nitrogens with one attached hydrogen (secondary N) is 1. The van der Waals surface area contributed by atoms with E-state index in [4.69, 9.17) is 10.8 Å². The van der Waals surface area contributed by atoms with Crippen LogP contribution in [0.25, 0.3) is 0 Å². The topological polar surface area (TPSA) is 92.4 Å². The van der Waals surface area contributed by atoms with Gasteiger partial charge < -0.3 is 16.2 Å². The Morgan fingerprint density at radius 1 is 1.10 bits per heavy atom. The SMILES string of the molecule is CCC(CCN)CCC(=O)NCCCCCCC(=O)O. The van der Waals surface area contributed by atoms with Crippen LogP contribution in [-0.2, 0) is 9.59 Å². The van der Waals surface area contributed by atoms with Crippen LogP contribution in [0, 0.1) is 5.92 Å². The fourth-order valence-electron chi connectivity index (χ4n) is 2.19. The van der Waals surface area contributed by atoms with E-state index >= 15 is 0 Å². The Morgan fingerprint density at radius 2 is 1.80 bits per heavy atom. The van der Waals surface area contributed by atoms with Gasteiger partial charge in [-0.25, -0.2) is 0 Å². The van der Waals surface area contributed by atoms with E-state index in [1.807, 2.05) is 0 Å². The molecule has 0 bridgehead atoms. The fourth-order valence-corrected chi connectivity index (χ4v) is 2.19. The number of unbranched alkanes of at least 4 members (excludes halogenated alkanes) is 3. The molecule has 0 fully saturated rings. The highest BCUT2D eigenvalue weighted by Crippen LogP contribution is 2.14. The highest BCUT2D eigenvalue weighted by Gasteiger charge is 2.08. The number of nitrogens with two attached hydrogens (primary N) is 1. The van der Waals surface area contributed by atoms with Gasteiger partial charge in [0.2, 0.25) is 5.91 Å². The first-order chi connectivity index (χ1) is 9.60. The van der Waals surface area contributed by atoms with Gasteiger partial charge in [0.25, 0.3) is 0 Å². The molecule has 0 aliphatic heterocycles. The second-order valence-corrected chi connectivity index (χ2v) is 5.30. The lowest BCUT2D eigenvalue weighted by molar-refractivity contribution is -0.137. The van der Waals surface area contributed by atoms with Crippen molar-refractivity contribution in [2.24, 2.45) is 11.7 Å². The van der Waals surface area contributed by atoms with E-state index in [2.05, 4.69) is 12.2 Å². The van der Waals surface area contributed by atoms with Crippen molar-refractivity contribution in [3.63, 3.8) is 0 Å². The van der Waals surface area contributed by atoms with Crippen LogP contribution in [0.2, 0.25) is 0 Å². The van der Waals surface area contributed by atoms with Crippen molar-refractivity contribution in [3.8, 4) is 0 Å². The van der Waals surface area contributed by atoms with Gasteiger partial charge in [0, 0.05) is 19.4 Å². The Hall–Kier alpha value is -1.10. The van der Waals surface area contributed by atoms with Crippen molar-refractivity contribution >= 4 is 11.9 Å². The van der Waals surface area contributed by atoms with Crippen LogP contribution in [0.5, 0.6) is 0 Å². The molecule has 5 heteroatoms. The molecule has 1 unspecified atom stereocenters. The van der Waals surface area contributed by atoms with Crippen LogP contribution in [0.15, 0.2) is 0 Å². The van der Waals surface area contributed by atoms with Crippen molar-refractivity contribution in [3.05, 3.63) is 0 Å². The van der Waals surface area contributed by atoms with Gasteiger partial charge in [-0.05, 0) is 38.1 Å². The summed E-state index contributed by atoms with van der Waals surface area (Å²) in [6.45, 7) is 3.52. The summed E-state index contributed by atoms with van der Waals surface area (Å²) in [6, 6.07) is 0. The molecule has 0 aromatic carbocycles. The van der Waals surface area contributed by atoms with Crippen LogP contribution in [0.1, 0.15) is 64.7 Å². The molecule has 0 rings (SSSR count). The molecule has 0 aromatic heterocycles. The molecule has 0 aromatic rings. The Bertz CT molecular complexity index is 270. The van der Waals surface area contributed by atoms with Crippen LogP contribution in [0.4, 0.5) is 0 Å². The third-order valence-electron chi connectivity index (χ3n) is 3.57. The predicted octanol–water partition coefficient (Wildman–Crippen LogP) is 2.29. The first-order valence-electron chi connectivity index (χ1n) is 7.78. The van der Waals surface area contributed by atoms with Crippen LogP contribution in [-0.4, -0.2) is 30.1 Å². The standard InChI is InChI=1S/C15H30N2O3/c1-2-13(10-11-16)8-9-14(18)17-12-6-4-3-5-7-15(19)20/h13H,2-12,16H2,1H3,(H,17,18)(H,19,20). The van der Waals surface area contributed by atoms with E-state index in [1.54, 1.807) is 0 Å². The zero-order valence-electron chi connectivity index (χ0n) is 12.7. The number of carbonyl (C=O) groups excluding carboxylic acids is 1. The van der Waals surface area contributed by atoms with Gasteiger partial charge in [-0.15, -0.1) is 0 Å². The van der Waals surface area contributed by atoms with Crippen molar-refractivity contribution in [2.75, 3.05) is 13.1 Å². The molecule has 0 aliphatic rings. The third-order valence-corrected chi connectivity index (χ3v) is 3.57. The summed E-state index contributed by atoms with van der Waals surface area (Å²) in [5.74, 6) is -0.0611. The molecule has 1 amide bonds. The first kappa shape index (κ1) is 18.9. The quantitative estimate of drug-likeness (QED) is 0.453. The van der Waals surface area contributed by atoms with E-state index in [9.17, 15) is 9.59 Å². The summed E-state index contributed by atoms with van der Waals surface area (Å²) in [5.41, 5.74) is 5.53. The molecular formula is C15H30N2O3. The Kier molecular flexibility index (Phi) is 12.2. The normalized spacial score (nSPS) is 12.1. The summed E-state index contributed by atoms with van der Waals surface area (Å²) < 4.78 is 0. The van der Waals surface area contributed by atoms with Gasteiger partial charge in [-0.3, -0.25) is 9.59 Å². The molecule has 0 saturated carbocycles.